The molecule has 12 heavy (non-hydrogen) atoms. The third kappa shape index (κ3) is 4.17. The molecular weight excluding hydrogens is 160 g/mol. The van der Waals surface area contributed by atoms with Crippen molar-refractivity contribution in [3.8, 4) is 12.3 Å². The fourth-order valence-corrected chi connectivity index (χ4v) is 0.342. The number of carbonyl (C=O) groups is 2. The van der Waals surface area contributed by atoms with Gasteiger partial charge in [-0.25, -0.2) is 14.9 Å². The summed E-state index contributed by atoms with van der Waals surface area (Å²) >= 11 is 0. The van der Waals surface area contributed by atoms with Crippen LogP contribution in [0.4, 0.5) is 9.59 Å². The first-order valence-corrected chi connectivity index (χ1v) is 3.16. The van der Waals surface area contributed by atoms with Crippen molar-refractivity contribution in [3.05, 3.63) is 0 Å². The van der Waals surface area contributed by atoms with Crippen LogP contribution in [0, 0.1) is 12.3 Å². The molecule has 0 aliphatic carbocycles. The highest BCUT2D eigenvalue weighted by molar-refractivity contribution is 5.90. The van der Waals surface area contributed by atoms with Crippen LogP contribution in [0.25, 0.3) is 0 Å². The molecule has 5 heteroatoms. The van der Waals surface area contributed by atoms with Crippen LogP contribution in [0.15, 0.2) is 0 Å². The minimum absolute atomic E-state index is 0.146. The zero-order valence-corrected chi connectivity index (χ0v) is 6.96. The zero-order valence-electron chi connectivity index (χ0n) is 6.96. The maximum Gasteiger partial charge on any atom is 0.416 e. The minimum Gasteiger partial charge on any atom is -0.436 e. The number of carbonyl (C=O) groups excluding carboxylic acids is 2. The lowest BCUT2D eigenvalue weighted by Gasteiger charge is -2.09. The summed E-state index contributed by atoms with van der Waals surface area (Å²) in [7, 11) is 3.01. The van der Waals surface area contributed by atoms with Crippen LogP contribution >= 0.6 is 0 Å². The topological polar surface area (TPSA) is 58.6 Å². The third-order valence-corrected chi connectivity index (χ3v) is 0.902. The van der Waals surface area contributed by atoms with E-state index in [1.165, 1.54) is 19.0 Å². The van der Waals surface area contributed by atoms with Crippen LogP contribution in [0.1, 0.15) is 0 Å². The molecule has 0 aliphatic rings. The van der Waals surface area contributed by atoms with Crippen molar-refractivity contribution >= 4 is 12.1 Å². The Morgan fingerprint density at radius 1 is 1.58 bits per heavy atom. The summed E-state index contributed by atoms with van der Waals surface area (Å²) in [6, 6.07) is -0.544. The zero-order chi connectivity index (χ0) is 9.56. The van der Waals surface area contributed by atoms with Gasteiger partial charge in [0, 0.05) is 14.1 Å². The molecule has 0 bridgehead atoms. The number of hydrogen-bond donors (Lipinski definition) is 1. The predicted octanol–water partition coefficient (Wildman–Crippen LogP) is 0.0274. The Balaban J connectivity index is 3.71. The number of imide groups is 1. The molecule has 3 amide bonds. The summed E-state index contributed by atoms with van der Waals surface area (Å²) in [5.74, 6) is 2.09. The van der Waals surface area contributed by atoms with E-state index in [4.69, 9.17) is 6.42 Å². The van der Waals surface area contributed by atoms with Gasteiger partial charge in [0.25, 0.3) is 0 Å². The van der Waals surface area contributed by atoms with Gasteiger partial charge in [-0.1, -0.05) is 5.92 Å². The maximum atomic E-state index is 10.8. The third-order valence-electron chi connectivity index (χ3n) is 0.902. The lowest BCUT2D eigenvalue weighted by atomic mass is 10.7. The lowest BCUT2D eigenvalue weighted by molar-refractivity contribution is 0.156. The van der Waals surface area contributed by atoms with E-state index >= 15 is 0 Å². The molecule has 0 spiro atoms. The van der Waals surface area contributed by atoms with Gasteiger partial charge in [0.2, 0.25) is 0 Å². The Labute approximate surface area is 70.7 Å². The Morgan fingerprint density at radius 2 is 2.17 bits per heavy atom. The number of amides is 3. The van der Waals surface area contributed by atoms with Gasteiger partial charge < -0.3 is 9.64 Å². The molecule has 0 rings (SSSR count). The molecule has 0 aromatic carbocycles. The highest BCUT2D eigenvalue weighted by Crippen LogP contribution is 1.80. The van der Waals surface area contributed by atoms with Gasteiger partial charge in [0.1, 0.15) is 0 Å². The molecule has 0 radical (unpaired) electrons. The Bertz CT molecular complexity index is 217. The molecule has 0 aromatic heterocycles. The summed E-state index contributed by atoms with van der Waals surface area (Å²) in [4.78, 5) is 22.6. The van der Waals surface area contributed by atoms with Crippen LogP contribution in [0.2, 0.25) is 0 Å². The fraction of sp³-hybridized carbons (Fsp3) is 0.429. The summed E-state index contributed by atoms with van der Waals surface area (Å²) in [6.07, 6.45) is 3.98. The van der Waals surface area contributed by atoms with Crippen molar-refractivity contribution in [2.24, 2.45) is 0 Å². The summed E-state index contributed by atoms with van der Waals surface area (Å²) in [5, 5.41) is 1.94. The van der Waals surface area contributed by atoms with Crippen molar-refractivity contribution in [2.45, 2.75) is 0 Å². The summed E-state index contributed by atoms with van der Waals surface area (Å²) in [5.41, 5.74) is 0. The first-order valence-electron chi connectivity index (χ1n) is 3.16. The molecule has 5 nitrogen and oxygen atoms in total. The van der Waals surface area contributed by atoms with Gasteiger partial charge in [-0.2, -0.15) is 0 Å². The summed E-state index contributed by atoms with van der Waals surface area (Å²) in [6.45, 7) is -0.146. The quantitative estimate of drug-likeness (QED) is 0.565. The number of hydrogen-bond acceptors (Lipinski definition) is 3. The van der Waals surface area contributed by atoms with Crippen LogP contribution in [-0.2, 0) is 4.74 Å². The van der Waals surface area contributed by atoms with E-state index in [-0.39, 0.29) is 6.61 Å². The van der Waals surface area contributed by atoms with Crippen LogP contribution in [-0.4, -0.2) is 37.7 Å². The number of alkyl carbamates (subject to hydrolysis) is 1. The molecule has 66 valence electrons. The van der Waals surface area contributed by atoms with E-state index in [0.717, 1.165) is 0 Å². The second-order valence-electron chi connectivity index (χ2n) is 2.10. The molecule has 0 heterocycles. The molecule has 0 unspecified atom stereocenters. The van der Waals surface area contributed by atoms with E-state index in [0.29, 0.717) is 0 Å². The Kier molecular flexibility index (Phi) is 4.31. The first kappa shape index (κ1) is 10.3. The van der Waals surface area contributed by atoms with E-state index in [2.05, 4.69) is 10.7 Å². The molecule has 0 saturated heterocycles. The van der Waals surface area contributed by atoms with Gasteiger partial charge in [-0.15, -0.1) is 6.42 Å². The number of terminal acetylenes is 1. The van der Waals surface area contributed by atoms with E-state index < -0.39 is 12.1 Å². The normalized spacial score (nSPS) is 8.08. The van der Waals surface area contributed by atoms with E-state index in [1.807, 2.05) is 5.32 Å². The smallest absolute Gasteiger partial charge is 0.416 e. The monoisotopic (exact) mass is 170 g/mol. The van der Waals surface area contributed by atoms with Gasteiger partial charge in [-0.05, 0) is 0 Å². The number of urea groups is 1. The molecule has 0 saturated carbocycles. The highest BCUT2D eigenvalue weighted by atomic mass is 16.5. The molecule has 0 aromatic rings. The van der Waals surface area contributed by atoms with Gasteiger partial charge >= 0.3 is 12.1 Å². The molecule has 0 aliphatic heterocycles. The molecular formula is C7H10N2O3. The van der Waals surface area contributed by atoms with Crippen molar-refractivity contribution in [2.75, 3.05) is 20.7 Å². The van der Waals surface area contributed by atoms with Gasteiger partial charge in [0.05, 0.1) is 0 Å². The Hall–Kier alpha value is -1.70. The number of nitrogens with zero attached hydrogens (tertiary/aromatic N) is 1. The van der Waals surface area contributed by atoms with Gasteiger partial charge in [0.15, 0.2) is 6.61 Å². The second kappa shape index (κ2) is 5.02. The van der Waals surface area contributed by atoms with Crippen molar-refractivity contribution in [3.63, 3.8) is 0 Å². The summed E-state index contributed by atoms with van der Waals surface area (Å²) < 4.78 is 4.38. The average molecular weight is 170 g/mol. The van der Waals surface area contributed by atoms with Crippen LogP contribution < -0.4 is 5.32 Å². The SMILES string of the molecule is C#CCOC(=O)NC(=O)N(C)C. The molecule has 0 atom stereocenters. The second-order valence-corrected chi connectivity index (χ2v) is 2.10. The largest absolute Gasteiger partial charge is 0.436 e. The minimum atomic E-state index is -0.841. The average Bonchev–Trinajstić information content (AvgIpc) is 2.00. The first-order chi connectivity index (χ1) is 5.57. The molecule has 1 N–H and O–H groups in total. The standard InChI is InChI=1S/C7H10N2O3/c1-4-5-12-7(11)8-6(10)9(2)3/h1H,5H2,2-3H3,(H,8,10,11). The lowest BCUT2D eigenvalue weighted by Crippen LogP contribution is -2.38. The number of nitrogens with one attached hydrogen (secondary N) is 1. The number of rotatable bonds is 1. The van der Waals surface area contributed by atoms with Crippen molar-refractivity contribution in [1.29, 1.82) is 0 Å². The van der Waals surface area contributed by atoms with Gasteiger partial charge in [-0.3, -0.25) is 0 Å². The van der Waals surface area contributed by atoms with E-state index in [1.54, 1.807) is 0 Å². The maximum absolute atomic E-state index is 10.8. The van der Waals surface area contributed by atoms with E-state index in [9.17, 15) is 9.59 Å². The predicted molar refractivity (Wildman–Crippen MR) is 42.4 cm³/mol. The van der Waals surface area contributed by atoms with Crippen molar-refractivity contribution in [1.82, 2.24) is 10.2 Å². The van der Waals surface area contributed by atoms with Crippen LogP contribution in [0.5, 0.6) is 0 Å². The molecule has 0 fully saturated rings. The number of ether oxygens (including phenoxy) is 1. The van der Waals surface area contributed by atoms with Crippen molar-refractivity contribution < 1.29 is 14.3 Å². The Morgan fingerprint density at radius 3 is 2.58 bits per heavy atom. The fourth-order valence-electron chi connectivity index (χ4n) is 0.342. The highest BCUT2D eigenvalue weighted by Gasteiger charge is 2.08. The van der Waals surface area contributed by atoms with Crippen LogP contribution in [0.3, 0.4) is 0 Å².